The molecule has 4 rings (SSSR count). The summed E-state index contributed by atoms with van der Waals surface area (Å²) in [6, 6.07) is 25.3. The number of carbonyl (C=O) groups is 1. The molecule has 1 amide bonds. The Hall–Kier alpha value is -3.91. The van der Waals surface area contributed by atoms with Crippen molar-refractivity contribution in [2.45, 2.75) is 5.22 Å². The van der Waals surface area contributed by atoms with Crippen LogP contribution in [0, 0.1) is 10.1 Å². The van der Waals surface area contributed by atoms with Gasteiger partial charge >= 0.3 is 0 Å². The van der Waals surface area contributed by atoms with E-state index in [1.54, 1.807) is 12.1 Å². The number of nitrogens with one attached hydrogen (secondary N) is 1. The maximum Gasteiger partial charge on any atom is 0.292 e. The first-order chi connectivity index (χ1) is 15.1. The van der Waals surface area contributed by atoms with Gasteiger partial charge in [0.25, 0.3) is 10.9 Å². The van der Waals surface area contributed by atoms with Crippen LogP contribution in [0.15, 0.2) is 94.6 Å². The molecule has 3 aromatic carbocycles. The number of nitrogens with zero attached hydrogens (tertiary/aromatic N) is 2. The minimum atomic E-state index is -0.533. The van der Waals surface area contributed by atoms with Gasteiger partial charge in [-0.1, -0.05) is 84.6 Å². The molecule has 0 unspecified atom stereocenters. The van der Waals surface area contributed by atoms with E-state index >= 15 is 0 Å². The molecule has 8 heteroatoms. The first kappa shape index (κ1) is 20.4. The summed E-state index contributed by atoms with van der Waals surface area (Å²) in [5, 5.41) is 14.0. The predicted octanol–water partition coefficient (Wildman–Crippen LogP) is 5.65. The third kappa shape index (κ3) is 4.81. The number of rotatable bonds is 7. The molecule has 0 spiro atoms. The van der Waals surface area contributed by atoms with Gasteiger partial charge in [-0.05, 0) is 6.07 Å². The van der Waals surface area contributed by atoms with Crippen molar-refractivity contribution in [3.63, 3.8) is 0 Å². The molecule has 0 fully saturated rings. The Kier molecular flexibility index (Phi) is 6.09. The topological polar surface area (TPSA) is 98.3 Å². The van der Waals surface area contributed by atoms with Gasteiger partial charge in [-0.15, -0.1) is 0 Å². The number of nitro groups is 1. The maximum absolute atomic E-state index is 12.4. The molecule has 31 heavy (non-hydrogen) atoms. The number of hydrogen-bond donors (Lipinski definition) is 1. The Morgan fingerprint density at radius 3 is 2.23 bits per heavy atom. The fourth-order valence-corrected chi connectivity index (χ4v) is 3.62. The molecule has 4 aromatic rings. The molecular weight excluding hydrogens is 414 g/mol. The summed E-state index contributed by atoms with van der Waals surface area (Å²) < 4.78 is 5.98. The first-order valence-corrected chi connectivity index (χ1v) is 10.4. The molecule has 154 valence electrons. The number of carbonyl (C=O) groups excluding carboxylic acids is 1. The Morgan fingerprint density at radius 1 is 0.935 bits per heavy atom. The zero-order chi connectivity index (χ0) is 21.6. The van der Waals surface area contributed by atoms with Gasteiger partial charge in [0.15, 0.2) is 5.76 Å². The molecule has 0 aliphatic carbocycles. The molecule has 0 aliphatic rings. The molecule has 0 saturated heterocycles. The van der Waals surface area contributed by atoms with Crippen LogP contribution in [0.5, 0.6) is 0 Å². The fourth-order valence-electron chi connectivity index (χ4n) is 2.99. The van der Waals surface area contributed by atoms with Crippen LogP contribution in [-0.4, -0.2) is 21.6 Å². The van der Waals surface area contributed by atoms with Crippen molar-refractivity contribution < 1.29 is 14.1 Å². The van der Waals surface area contributed by atoms with Gasteiger partial charge in [-0.3, -0.25) is 14.9 Å². The number of benzene rings is 3. The second kappa shape index (κ2) is 9.27. The van der Waals surface area contributed by atoms with E-state index < -0.39 is 4.92 Å². The van der Waals surface area contributed by atoms with Gasteiger partial charge in [0.1, 0.15) is 11.4 Å². The average Bonchev–Trinajstić information content (AvgIpc) is 3.23. The SMILES string of the molecule is O=C(CSc1nc(-c2ccccc2)c(-c2ccccc2)o1)Nc1ccccc1[N+](=O)[O-]. The summed E-state index contributed by atoms with van der Waals surface area (Å²) in [6.45, 7) is 0. The van der Waals surface area contributed by atoms with E-state index in [4.69, 9.17) is 4.42 Å². The summed E-state index contributed by atoms with van der Waals surface area (Å²) in [5.41, 5.74) is 2.47. The van der Waals surface area contributed by atoms with E-state index in [0.717, 1.165) is 22.9 Å². The van der Waals surface area contributed by atoms with Crippen LogP contribution in [0.2, 0.25) is 0 Å². The van der Waals surface area contributed by atoms with Crippen LogP contribution in [0.1, 0.15) is 0 Å². The van der Waals surface area contributed by atoms with Gasteiger partial charge in [0.2, 0.25) is 5.91 Å². The third-order valence-electron chi connectivity index (χ3n) is 4.39. The average molecular weight is 431 g/mol. The quantitative estimate of drug-likeness (QED) is 0.231. The molecule has 1 heterocycles. The number of anilines is 1. The third-order valence-corrected chi connectivity index (χ3v) is 5.22. The predicted molar refractivity (Wildman–Crippen MR) is 120 cm³/mol. The van der Waals surface area contributed by atoms with Crippen LogP contribution in [-0.2, 0) is 4.79 Å². The number of thioether (sulfide) groups is 1. The Bertz CT molecular complexity index is 1150. The van der Waals surface area contributed by atoms with Gasteiger partial charge in [-0.2, -0.15) is 0 Å². The van der Waals surface area contributed by atoms with Gasteiger partial charge < -0.3 is 9.73 Å². The number of amides is 1. The normalized spacial score (nSPS) is 10.6. The first-order valence-electron chi connectivity index (χ1n) is 9.39. The molecule has 0 radical (unpaired) electrons. The van der Waals surface area contributed by atoms with Crippen molar-refractivity contribution in [1.82, 2.24) is 4.98 Å². The lowest BCUT2D eigenvalue weighted by atomic mass is 10.1. The van der Waals surface area contributed by atoms with E-state index in [-0.39, 0.29) is 23.0 Å². The molecule has 1 N–H and O–H groups in total. The summed E-state index contributed by atoms with van der Waals surface area (Å²) >= 11 is 1.13. The number of nitro benzene ring substituents is 1. The van der Waals surface area contributed by atoms with Crippen LogP contribution in [0.4, 0.5) is 11.4 Å². The Morgan fingerprint density at radius 2 is 1.55 bits per heavy atom. The van der Waals surface area contributed by atoms with Gasteiger partial charge in [0, 0.05) is 17.2 Å². The lowest BCUT2D eigenvalue weighted by Gasteiger charge is -2.04. The summed E-state index contributed by atoms with van der Waals surface area (Å²) in [7, 11) is 0. The molecular formula is C23H17N3O4S. The highest BCUT2D eigenvalue weighted by Gasteiger charge is 2.19. The summed E-state index contributed by atoms with van der Waals surface area (Å²) in [5.74, 6) is 0.225. The largest absolute Gasteiger partial charge is 0.431 e. The molecule has 0 bridgehead atoms. The Labute approximate surface area is 182 Å². The zero-order valence-electron chi connectivity index (χ0n) is 16.2. The van der Waals surface area contributed by atoms with Crippen molar-refractivity contribution in [3.05, 3.63) is 95.0 Å². The number of oxazole rings is 1. The van der Waals surface area contributed by atoms with Crippen LogP contribution >= 0.6 is 11.8 Å². The molecule has 1 aromatic heterocycles. The fraction of sp³-hybridized carbons (Fsp3) is 0.0435. The number of hydrogen-bond acceptors (Lipinski definition) is 6. The van der Waals surface area contributed by atoms with E-state index in [1.807, 2.05) is 60.7 Å². The van der Waals surface area contributed by atoms with Crippen LogP contribution in [0.25, 0.3) is 22.6 Å². The van der Waals surface area contributed by atoms with E-state index in [9.17, 15) is 14.9 Å². The monoisotopic (exact) mass is 431 g/mol. The lowest BCUT2D eigenvalue weighted by molar-refractivity contribution is -0.383. The highest BCUT2D eigenvalue weighted by molar-refractivity contribution is 7.99. The molecule has 7 nitrogen and oxygen atoms in total. The molecule has 0 saturated carbocycles. The second-order valence-electron chi connectivity index (χ2n) is 6.50. The second-order valence-corrected chi connectivity index (χ2v) is 7.43. The van der Waals surface area contributed by atoms with E-state index in [1.165, 1.54) is 12.1 Å². The smallest absolute Gasteiger partial charge is 0.292 e. The number of para-hydroxylation sites is 2. The van der Waals surface area contributed by atoms with Crippen molar-refractivity contribution in [2.75, 3.05) is 11.1 Å². The van der Waals surface area contributed by atoms with Gasteiger partial charge in [-0.25, -0.2) is 4.98 Å². The van der Waals surface area contributed by atoms with E-state index in [2.05, 4.69) is 10.3 Å². The summed E-state index contributed by atoms with van der Waals surface area (Å²) in [6.07, 6.45) is 0. The van der Waals surface area contributed by atoms with E-state index in [0.29, 0.717) is 16.7 Å². The van der Waals surface area contributed by atoms with Gasteiger partial charge in [0.05, 0.1) is 10.7 Å². The maximum atomic E-state index is 12.4. The van der Waals surface area contributed by atoms with Crippen molar-refractivity contribution in [3.8, 4) is 22.6 Å². The van der Waals surface area contributed by atoms with Crippen molar-refractivity contribution in [2.24, 2.45) is 0 Å². The van der Waals surface area contributed by atoms with Crippen molar-refractivity contribution >= 4 is 29.0 Å². The summed E-state index contributed by atoms with van der Waals surface area (Å²) in [4.78, 5) is 27.5. The number of aromatic nitrogens is 1. The standard InChI is InChI=1S/C23H17N3O4S/c27-20(24-18-13-7-8-14-19(18)26(28)29)15-31-23-25-21(16-9-3-1-4-10-16)22(30-23)17-11-5-2-6-12-17/h1-14H,15H2,(H,24,27). The Balaban J connectivity index is 1.54. The van der Waals surface area contributed by atoms with Crippen LogP contribution in [0.3, 0.4) is 0 Å². The molecule has 0 aliphatic heterocycles. The minimum absolute atomic E-state index is 0.00494. The van der Waals surface area contributed by atoms with Crippen LogP contribution < -0.4 is 5.32 Å². The molecule has 0 atom stereocenters. The highest BCUT2D eigenvalue weighted by atomic mass is 32.2. The zero-order valence-corrected chi connectivity index (χ0v) is 17.0. The minimum Gasteiger partial charge on any atom is -0.431 e. The highest BCUT2D eigenvalue weighted by Crippen LogP contribution is 2.35. The van der Waals surface area contributed by atoms with Crippen molar-refractivity contribution in [1.29, 1.82) is 0 Å². The lowest BCUT2D eigenvalue weighted by Crippen LogP contribution is -2.15.